The summed E-state index contributed by atoms with van der Waals surface area (Å²) in [5.74, 6) is -0.0617. The molecule has 0 amide bonds. The highest BCUT2D eigenvalue weighted by molar-refractivity contribution is 7.99. The van der Waals surface area contributed by atoms with Crippen LogP contribution in [0.3, 0.4) is 0 Å². The van der Waals surface area contributed by atoms with Crippen LogP contribution in [0.15, 0.2) is 5.16 Å². The summed E-state index contributed by atoms with van der Waals surface area (Å²) in [5.41, 5.74) is 0. The zero-order valence-corrected chi connectivity index (χ0v) is 12.6. The summed E-state index contributed by atoms with van der Waals surface area (Å²) in [7, 11) is 1.99. The van der Waals surface area contributed by atoms with Gasteiger partial charge in [0.25, 0.3) is 0 Å². The molecule has 1 aromatic rings. The molecule has 1 aliphatic heterocycles. The van der Waals surface area contributed by atoms with E-state index in [2.05, 4.69) is 22.0 Å². The zero-order chi connectivity index (χ0) is 14.5. The van der Waals surface area contributed by atoms with Crippen molar-refractivity contribution in [2.45, 2.75) is 37.5 Å². The Bertz CT molecular complexity index is 460. The van der Waals surface area contributed by atoms with Gasteiger partial charge in [0.15, 0.2) is 5.16 Å². The second kappa shape index (κ2) is 6.94. The maximum atomic E-state index is 10.7. The van der Waals surface area contributed by atoms with Crippen molar-refractivity contribution in [2.75, 3.05) is 30.9 Å². The highest BCUT2D eigenvalue weighted by atomic mass is 32.2. The van der Waals surface area contributed by atoms with Crippen molar-refractivity contribution >= 4 is 23.7 Å². The van der Waals surface area contributed by atoms with E-state index in [0.29, 0.717) is 17.8 Å². The number of carboxylic acids is 1. The quantitative estimate of drug-likeness (QED) is 0.755. The molecule has 2 rings (SSSR count). The van der Waals surface area contributed by atoms with Gasteiger partial charge < -0.3 is 14.7 Å². The first kappa shape index (κ1) is 15.1. The number of hydrogen-bond donors (Lipinski definition) is 1. The normalized spacial score (nSPS) is 18.4. The van der Waals surface area contributed by atoms with Crippen molar-refractivity contribution in [1.29, 1.82) is 0 Å². The molecule has 8 heteroatoms. The molecule has 1 fully saturated rings. The number of rotatable bonds is 7. The fraction of sp³-hybridized carbons (Fsp3) is 0.750. The van der Waals surface area contributed by atoms with E-state index >= 15 is 0 Å². The van der Waals surface area contributed by atoms with Crippen molar-refractivity contribution < 1.29 is 14.6 Å². The molecule has 0 saturated carbocycles. The fourth-order valence-corrected chi connectivity index (χ4v) is 2.87. The van der Waals surface area contributed by atoms with E-state index in [9.17, 15) is 4.79 Å². The van der Waals surface area contributed by atoms with E-state index in [4.69, 9.17) is 9.84 Å². The Hall–Kier alpha value is -1.28. The zero-order valence-electron chi connectivity index (χ0n) is 11.8. The molecule has 0 aliphatic carbocycles. The molecule has 1 unspecified atom stereocenters. The molecule has 0 bridgehead atoms. The summed E-state index contributed by atoms with van der Waals surface area (Å²) in [6.07, 6.45) is 1.92. The summed E-state index contributed by atoms with van der Waals surface area (Å²) in [6.45, 7) is 4.33. The van der Waals surface area contributed by atoms with Crippen LogP contribution in [0.25, 0.3) is 0 Å². The maximum Gasteiger partial charge on any atom is 0.313 e. The van der Waals surface area contributed by atoms with Gasteiger partial charge in [-0.3, -0.25) is 9.36 Å². The van der Waals surface area contributed by atoms with E-state index in [1.54, 1.807) is 0 Å². The smallest absolute Gasteiger partial charge is 0.313 e. The number of carboxylic acid groups (broad SMARTS) is 1. The Labute approximate surface area is 122 Å². The molecule has 20 heavy (non-hydrogen) atoms. The van der Waals surface area contributed by atoms with E-state index in [0.717, 1.165) is 31.9 Å². The summed E-state index contributed by atoms with van der Waals surface area (Å²) in [4.78, 5) is 12.8. The standard InChI is InChI=1S/C12H20N4O3S/c1-3-5-16-11(15(2)9-4-6-19-7-9)13-14-12(16)20-8-10(17)18/h9H,3-8H2,1-2H3,(H,17,18). The summed E-state index contributed by atoms with van der Waals surface area (Å²) >= 11 is 1.21. The average molecular weight is 300 g/mol. The molecule has 112 valence electrons. The van der Waals surface area contributed by atoms with Crippen LogP contribution in [-0.4, -0.2) is 57.9 Å². The first-order valence-corrected chi connectivity index (χ1v) is 7.70. The van der Waals surface area contributed by atoms with Gasteiger partial charge in [0, 0.05) is 20.2 Å². The van der Waals surface area contributed by atoms with Gasteiger partial charge in [-0.15, -0.1) is 10.2 Å². The number of ether oxygens (including phenoxy) is 1. The maximum absolute atomic E-state index is 10.7. The van der Waals surface area contributed by atoms with Crippen molar-refractivity contribution in [3.05, 3.63) is 0 Å². The summed E-state index contributed by atoms with van der Waals surface area (Å²) in [6, 6.07) is 0.312. The monoisotopic (exact) mass is 300 g/mol. The molecule has 1 N–H and O–H groups in total. The van der Waals surface area contributed by atoms with Gasteiger partial charge in [-0.2, -0.15) is 0 Å². The van der Waals surface area contributed by atoms with E-state index in [1.807, 2.05) is 11.6 Å². The molecule has 7 nitrogen and oxygen atoms in total. The van der Waals surface area contributed by atoms with Gasteiger partial charge in [-0.05, 0) is 12.8 Å². The van der Waals surface area contributed by atoms with Gasteiger partial charge >= 0.3 is 5.97 Å². The molecule has 0 aromatic carbocycles. The molecule has 1 saturated heterocycles. The number of anilines is 1. The second-order valence-electron chi connectivity index (χ2n) is 4.74. The van der Waals surface area contributed by atoms with Crippen LogP contribution in [0.4, 0.5) is 5.95 Å². The fourth-order valence-electron chi connectivity index (χ4n) is 2.19. The largest absolute Gasteiger partial charge is 0.481 e. The minimum atomic E-state index is -0.847. The molecule has 1 atom stereocenters. The van der Waals surface area contributed by atoms with Gasteiger partial charge in [0.1, 0.15) is 0 Å². The number of nitrogens with zero attached hydrogens (tertiary/aromatic N) is 4. The lowest BCUT2D eigenvalue weighted by molar-refractivity contribution is -0.133. The first-order chi connectivity index (χ1) is 9.63. The van der Waals surface area contributed by atoms with Crippen molar-refractivity contribution in [2.24, 2.45) is 0 Å². The van der Waals surface area contributed by atoms with Gasteiger partial charge in [-0.1, -0.05) is 18.7 Å². The third-order valence-electron chi connectivity index (χ3n) is 3.24. The van der Waals surface area contributed by atoms with E-state index in [1.165, 1.54) is 11.8 Å². The minimum absolute atomic E-state index is 0.00188. The van der Waals surface area contributed by atoms with Crippen LogP contribution in [0.2, 0.25) is 0 Å². The topological polar surface area (TPSA) is 80.5 Å². The lowest BCUT2D eigenvalue weighted by Gasteiger charge is -2.24. The third-order valence-corrected chi connectivity index (χ3v) is 4.19. The summed E-state index contributed by atoms with van der Waals surface area (Å²) in [5, 5.41) is 17.8. The van der Waals surface area contributed by atoms with E-state index < -0.39 is 5.97 Å². The Kier molecular flexibility index (Phi) is 5.24. The molecular formula is C12H20N4O3S. The highest BCUT2D eigenvalue weighted by Crippen LogP contribution is 2.24. The van der Waals surface area contributed by atoms with E-state index in [-0.39, 0.29) is 5.75 Å². The number of likely N-dealkylation sites (N-methyl/N-ethyl adjacent to an activating group) is 1. The van der Waals surface area contributed by atoms with Crippen LogP contribution in [0.1, 0.15) is 19.8 Å². The number of carbonyl (C=O) groups is 1. The van der Waals surface area contributed by atoms with Crippen molar-refractivity contribution in [1.82, 2.24) is 14.8 Å². The minimum Gasteiger partial charge on any atom is -0.481 e. The van der Waals surface area contributed by atoms with Crippen molar-refractivity contribution in [3.8, 4) is 0 Å². The van der Waals surface area contributed by atoms with Crippen LogP contribution < -0.4 is 4.90 Å². The lowest BCUT2D eigenvalue weighted by Crippen LogP contribution is -2.34. The van der Waals surface area contributed by atoms with Crippen LogP contribution in [0, 0.1) is 0 Å². The molecule has 0 spiro atoms. The number of aliphatic carboxylic acids is 1. The number of hydrogen-bond acceptors (Lipinski definition) is 6. The average Bonchev–Trinajstić information content (AvgIpc) is 3.06. The first-order valence-electron chi connectivity index (χ1n) is 6.71. The molecular weight excluding hydrogens is 280 g/mol. The second-order valence-corrected chi connectivity index (χ2v) is 5.69. The number of aromatic nitrogens is 3. The Morgan fingerprint density at radius 3 is 3.00 bits per heavy atom. The Balaban J connectivity index is 2.16. The Morgan fingerprint density at radius 1 is 1.60 bits per heavy atom. The third kappa shape index (κ3) is 3.43. The van der Waals surface area contributed by atoms with Crippen LogP contribution >= 0.6 is 11.8 Å². The van der Waals surface area contributed by atoms with Gasteiger partial charge in [-0.25, -0.2) is 0 Å². The van der Waals surface area contributed by atoms with Crippen molar-refractivity contribution in [3.63, 3.8) is 0 Å². The molecule has 1 aromatic heterocycles. The SMILES string of the molecule is CCCn1c(SCC(=O)O)nnc1N(C)C1CCOC1. The molecule has 0 radical (unpaired) electrons. The van der Waals surface area contributed by atoms with Gasteiger partial charge in [0.05, 0.1) is 18.4 Å². The lowest BCUT2D eigenvalue weighted by atomic mass is 10.2. The summed E-state index contributed by atoms with van der Waals surface area (Å²) < 4.78 is 7.40. The molecule has 2 heterocycles. The molecule has 1 aliphatic rings. The predicted octanol–water partition coefficient (Wildman–Crippen LogP) is 1.09. The number of thioether (sulfide) groups is 1. The van der Waals surface area contributed by atoms with Gasteiger partial charge in [0.2, 0.25) is 5.95 Å². The van der Waals surface area contributed by atoms with Crippen LogP contribution in [-0.2, 0) is 16.1 Å². The predicted molar refractivity (Wildman–Crippen MR) is 76.3 cm³/mol. The Morgan fingerprint density at radius 2 is 2.40 bits per heavy atom. The van der Waals surface area contributed by atoms with Crippen LogP contribution in [0.5, 0.6) is 0 Å². The highest BCUT2D eigenvalue weighted by Gasteiger charge is 2.25.